The summed E-state index contributed by atoms with van der Waals surface area (Å²) >= 11 is 12.1. The van der Waals surface area contributed by atoms with Crippen molar-refractivity contribution in [2.75, 3.05) is 0 Å². The quantitative estimate of drug-likeness (QED) is 0.655. The van der Waals surface area contributed by atoms with E-state index in [0.717, 1.165) is 11.1 Å². The first-order valence-electron chi connectivity index (χ1n) is 7.96. The van der Waals surface area contributed by atoms with Crippen molar-refractivity contribution in [3.05, 3.63) is 93.7 Å². The van der Waals surface area contributed by atoms with Crippen LogP contribution in [0.2, 0.25) is 10.0 Å². The van der Waals surface area contributed by atoms with Crippen molar-refractivity contribution in [1.29, 1.82) is 0 Å². The number of para-hydroxylation sites is 1. The second kappa shape index (κ2) is 8.70. The molecule has 0 unspecified atom stereocenters. The van der Waals surface area contributed by atoms with E-state index < -0.39 is 0 Å². The number of hydrogen-bond donors (Lipinski definition) is 1. The molecule has 132 valence electrons. The lowest BCUT2D eigenvalue weighted by Crippen LogP contribution is -2.23. The number of benzene rings is 2. The number of carbonyl (C=O) groups excluding carboxylic acids is 1. The molecule has 1 amide bonds. The molecule has 3 rings (SSSR count). The van der Waals surface area contributed by atoms with Crippen LogP contribution in [0.3, 0.4) is 0 Å². The van der Waals surface area contributed by atoms with Crippen molar-refractivity contribution < 1.29 is 9.53 Å². The van der Waals surface area contributed by atoms with Gasteiger partial charge < -0.3 is 10.1 Å². The van der Waals surface area contributed by atoms with Gasteiger partial charge in [0, 0.05) is 34.5 Å². The molecule has 0 atom stereocenters. The molecule has 0 aliphatic rings. The van der Waals surface area contributed by atoms with Gasteiger partial charge in [-0.05, 0) is 42.0 Å². The van der Waals surface area contributed by atoms with Crippen LogP contribution in [0, 0.1) is 0 Å². The Morgan fingerprint density at radius 3 is 2.58 bits per heavy atom. The topological polar surface area (TPSA) is 51.2 Å². The molecule has 0 fully saturated rings. The highest BCUT2D eigenvalue weighted by Gasteiger charge is 2.12. The van der Waals surface area contributed by atoms with Crippen LogP contribution in [0.15, 0.2) is 67.0 Å². The van der Waals surface area contributed by atoms with Gasteiger partial charge in [0.25, 0.3) is 5.91 Å². The van der Waals surface area contributed by atoms with Crippen LogP contribution in [0.25, 0.3) is 0 Å². The van der Waals surface area contributed by atoms with Gasteiger partial charge in [0.1, 0.15) is 12.4 Å². The van der Waals surface area contributed by atoms with Gasteiger partial charge in [0.2, 0.25) is 0 Å². The summed E-state index contributed by atoms with van der Waals surface area (Å²) < 4.78 is 5.82. The summed E-state index contributed by atoms with van der Waals surface area (Å²) in [7, 11) is 0. The van der Waals surface area contributed by atoms with Crippen molar-refractivity contribution in [3.8, 4) is 5.75 Å². The first-order chi connectivity index (χ1) is 12.6. The number of ether oxygens (including phenoxy) is 1. The lowest BCUT2D eigenvalue weighted by molar-refractivity contribution is 0.0946. The summed E-state index contributed by atoms with van der Waals surface area (Å²) in [6.07, 6.45) is 3.38. The van der Waals surface area contributed by atoms with Crippen LogP contribution in [-0.2, 0) is 13.2 Å². The maximum atomic E-state index is 12.5. The first-order valence-corrected chi connectivity index (χ1v) is 8.72. The van der Waals surface area contributed by atoms with E-state index in [4.69, 9.17) is 27.9 Å². The first kappa shape index (κ1) is 18.2. The Morgan fingerprint density at radius 2 is 1.81 bits per heavy atom. The fourth-order valence-electron chi connectivity index (χ4n) is 2.35. The van der Waals surface area contributed by atoms with Crippen molar-refractivity contribution >= 4 is 29.1 Å². The molecule has 0 aliphatic carbocycles. The molecule has 0 saturated carbocycles. The minimum absolute atomic E-state index is 0.209. The molecule has 0 saturated heterocycles. The van der Waals surface area contributed by atoms with E-state index in [2.05, 4.69) is 10.3 Å². The van der Waals surface area contributed by atoms with E-state index in [1.807, 2.05) is 18.2 Å². The molecule has 2 aromatic carbocycles. The van der Waals surface area contributed by atoms with Gasteiger partial charge in [-0.2, -0.15) is 0 Å². The van der Waals surface area contributed by atoms with Crippen molar-refractivity contribution in [2.24, 2.45) is 0 Å². The predicted molar refractivity (Wildman–Crippen MR) is 103 cm³/mol. The lowest BCUT2D eigenvalue weighted by atomic mass is 10.1. The molecule has 3 aromatic rings. The highest BCUT2D eigenvalue weighted by atomic mass is 35.5. The van der Waals surface area contributed by atoms with Crippen LogP contribution >= 0.6 is 23.2 Å². The molecule has 1 heterocycles. The van der Waals surface area contributed by atoms with Crippen molar-refractivity contribution in [1.82, 2.24) is 10.3 Å². The summed E-state index contributed by atoms with van der Waals surface area (Å²) in [6, 6.07) is 16.0. The SMILES string of the molecule is O=C(NCc1ccncc1)c1ccccc1OCc1ccc(Cl)cc1Cl. The van der Waals surface area contributed by atoms with Gasteiger partial charge in [-0.25, -0.2) is 0 Å². The highest BCUT2D eigenvalue weighted by molar-refractivity contribution is 6.35. The number of rotatable bonds is 6. The standard InChI is InChI=1S/C20H16Cl2N2O2/c21-16-6-5-15(18(22)11-16)13-26-19-4-2-1-3-17(19)20(25)24-12-14-7-9-23-10-8-14/h1-11H,12-13H2,(H,24,25). The smallest absolute Gasteiger partial charge is 0.255 e. The van der Waals surface area contributed by atoms with Gasteiger partial charge in [-0.3, -0.25) is 9.78 Å². The van der Waals surface area contributed by atoms with E-state index in [0.29, 0.717) is 27.9 Å². The molecule has 4 nitrogen and oxygen atoms in total. The van der Waals surface area contributed by atoms with Gasteiger partial charge in [-0.15, -0.1) is 0 Å². The lowest BCUT2D eigenvalue weighted by Gasteiger charge is -2.12. The van der Waals surface area contributed by atoms with E-state index in [1.54, 1.807) is 48.8 Å². The summed E-state index contributed by atoms with van der Waals surface area (Å²) in [6.45, 7) is 0.656. The molecule has 26 heavy (non-hydrogen) atoms. The van der Waals surface area contributed by atoms with Crippen LogP contribution in [0.1, 0.15) is 21.5 Å². The van der Waals surface area contributed by atoms with Crippen molar-refractivity contribution in [3.63, 3.8) is 0 Å². The highest BCUT2D eigenvalue weighted by Crippen LogP contribution is 2.24. The number of carbonyl (C=O) groups is 1. The van der Waals surface area contributed by atoms with Crippen LogP contribution in [0.4, 0.5) is 0 Å². The second-order valence-corrected chi connectivity index (χ2v) is 6.40. The summed E-state index contributed by atoms with van der Waals surface area (Å²) in [5.74, 6) is 0.283. The third-order valence-corrected chi connectivity index (χ3v) is 4.32. The summed E-state index contributed by atoms with van der Waals surface area (Å²) in [5, 5.41) is 3.97. The molecule has 0 aliphatic heterocycles. The molecule has 0 spiro atoms. The maximum Gasteiger partial charge on any atom is 0.255 e. The zero-order valence-corrected chi connectivity index (χ0v) is 15.3. The average molecular weight is 387 g/mol. The van der Waals surface area contributed by atoms with E-state index >= 15 is 0 Å². The van der Waals surface area contributed by atoms with Crippen LogP contribution in [0.5, 0.6) is 5.75 Å². The van der Waals surface area contributed by atoms with Crippen LogP contribution in [-0.4, -0.2) is 10.9 Å². The van der Waals surface area contributed by atoms with Gasteiger partial charge in [-0.1, -0.05) is 41.4 Å². The Balaban J connectivity index is 1.68. The van der Waals surface area contributed by atoms with Gasteiger partial charge in [0.15, 0.2) is 0 Å². The Hall–Kier alpha value is -2.56. The molecule has 1 N–H and O–H groups in total. The number of nitrogens with zero attached hydrogens (tertiary/aromatic N) is 1. The zero-order chi connectivity index (χ0) is 18.4. The van der Waals surface area contributed by atoms with Crippen LogP contribution < -0.4 is 10.1 Å². The molecular formula is C20H16Cl2N2O2. The summed E-state index contributed by atoms with van der Waals surface area (Å²) in [4.78, 5) is 16.5. The Kier molecular flexibility index (Phi) is 6.10. The van der Waals surface area contributed by atoms with E-state index in [1.165, 1.54) is 0 Å². The molecule has 6 heteroatoms. The van der Waals surface area contributed by atoms with E-state index in [-0.39, 0.29) is 12.5 Å². The molecule has 0 radical (unpaired) electrons. The minimum atomic E-state index is -0.209. The normalized spacial score (nSPS) is 10.4. The molecule has 0 bridgehead atoms. The number of hydrogen-bond acceptors (Lipinski definition) is 3. The Morgan fingerprint density at radius 1 is 1.04 bits per heavy atom. The minimum Gasteiger partial charge on any atom is -0.488 e. The third-order valence-electron chi connectivity index (χ3n) is 3.73. The monoisotopic (exact) mass is 386 g/mol. The fraction of sp³-hybridized carbons (Fsp3) is 0.100. The number of aromatic nitrogens is 1. The Bertz CT molecular complexity index is 901. The molecular weight excluding hydrogens is 371 g/mol. The number of pyridine rings is 1. The maximum absolute atomic E-state index is 12.5. The Labute approximate surface area is 161 Å². The van der Waals surface area contributed by atoms with Gasteiger partial charge in [0.05, 0.1) is 5.56 Å². The third kappa shape index (κ3) is 4.75. The fourth-order valence-corrected chi connectivity index (χ4v) is 2.82. The summed E-state index contributed by atoms with van der Waals surface area (Å²) in [5.41, 5.74) is 2.23. The van der Waals surface area contributed by atoms with E-state index in [9.17, 15) is 4.79 Å². The zero-order valence-electron chi connectivity index (χ0n) is 13.8. The molecule has 1 aromatic heterocycles. The second-order valence-electron chi connectivity index (χ2n) is 5.56. The largest absolute Gasteiger partial charge is 0.488 e. The van der Waals surface area contributed by atoms with Crippen molar-refractivity contribution in [2.45, 2.75) is 13.2 Å². The predicted octanol–water partition coefficient (Wildman–Crippen LogP) is 4.90. The number of amides is 1. The number of nitrogens with one attached hydrogen (secondary N) is 1. The van der Waals surface area contributed by atoms with Gasteiger partial charge >= 0.3 is 0 Å². The average Bonchev–Trinajstić information content (AvgIpc) is 2.66. The number of halogens is 2.